The molecule has 0 amide bonds. The predicted octanol–water partition coefficient (Wildman–Crippen LogP) is 3.53. The van der Waals surface area contributed by atoms with E-state index in [1.54, 1.807) is 23.5 Å². The first-order valence-electron chi connectivity index (χ1n) is 7.75. The quantitative estimate of drug-likeness (QED) is 0.861. The van der Waals surface area contributed by atoms with Crippen LogP contribution < -0.4 is 4.74 Å². The van der Waals surface area contributed by atoms with E-state index < -0.39 is 10.0 Å². The molecule has 1 atom stereocenters. The van der Waals surface area contributed by atoms with Gasteiger partial charge in [-0.1, -0.05) is 29.8 Å². The van der Waals surface area contributed by atoms with Gasteiger partial charge < -0.3 is 4.74 Å². The van der Waals surface area contributed by atoms with Crippen molar-refractivity contribution in [1.29, 1.82) is 0 Å². The summed E-state index contributed by atoms with van der Waals surface area (Å²) >= 11 is 0. The number of benzene rings is 2. The van der Waals surface area contributed by atoms with Gasteiger partial charge in [-0.3, -0.25) is 0 Å². The Hall–Kier alpha value is -1.85. The maximum absolute atomic E-state index is 13.0. The lowest BCUT2D eigenvalue weighted by atomic mass is 10.1. The van der Waals surface area contributed by atoms with Crippen LogP contribution >= 0.6 is 0 Å². The Bertz CT molecular complexity index is 784. The zero-order valence-corrected chi connectivity index (χ0v) is 14.2. The van der Waals surface area contributed by atoms with E-state index in [1.165, 1.54) is 0 Å². The molecular formula is C18H21NO3S. The Morgan fingerprint density at radius 2 is 1.87 bits per heavy atom. The lowest BCUT2D eigenvalue weighted by molar-refractivity contribution is 0.390. The van der Waals surface area contributed by atoms with Crippen LogP contribution in [0.15, 0.2) is 53.4 Å². The van der Waals surface area contributed by atoms with Crippen LogP contribution in [0, 0.1) is 6.92 Å². The zero-order valence-electron chi connectivity index (χ0n) is 13.4. The Labute approximate surface area is 137 Å². The third-order valence-corrected chi connectivity index (χ3v) is 6.23. The number of hydrogen-bond donors (Lipinski definition) is 0. The van der Waals surface area contributed by atoms with Crippen molar-refractivity contribution in [3.8, 4) is 5.75 Å². The second kappa shape index (κ2) is 6.34. The van der Waals surface area contributed by atoms with Crippen molar-refractivity contribution in [2.45, 2.75) is 30.7 Å². The molecule has 23 heavy (non-hydrogen) atoms. The minimum atomic E-state index is -3.48. The standard InChI is InChI=1S/C18H21NO3S/c1-14-8-10-17(11-9-14)23(20,21)19-12-4-7-18(19)15-5-3-6-16(13-15)22-2/h3,5-6,8-11,13,18H,4,7,12H2,1-2H3/t18-/m0/s1. The topological polar surface area (TPSA) is 46.6 Å². The molecule has 5 heteroatoms. The van der Waals surface area contributed by atoms with Crippen LogP contribution in [0.25, 0.3) is 0 Å². The van der Waals surface area contributed by atoms with E-state index in [1.807, 2.05) is 43.3 Å². The molecule has 2 aromatic carbocycles. The van der Waals surface area contributed by atoms with Crippen LogP contribution in [0.3, 0.4) is 0 Å². The molecule has 1 heterocycles. The molecule has 1 aliphatic rings. The second-order valence-corrected chi connectivity index (χ2v) is 7.75. The average molecular weight is 331 g/mol. The predicted molar refractivity (Wildman–Crippen MR) is 90.0 cm³/mol. The molecule has 0 N–H and O–H groups in total. The number of sulfonamides is 1. The van der Waals surface area contributed by atoms with Crippen molar-refractivity contribution in [2.75, 3.05) is 13.7 Å². The number of hydrogen-bond acceptors (Lipinski definition) is 3. The van der Waals surface area contributed by atoms with Crippen LogP contribution in [-0.2, 0) is 10.0 Å². The van der Waals surface area contributed by atoms with Crippen molar-refractivity contribution in [3.05, 3.63) is 59.7 Å². The lowest BCUT2D eigenvalue weighted by Crippen LogP contribution is -2.30. The van der Waals surface area contributed by atoms with Crippen molar-refractivity contribution < 1.29 is 13.2 Å². The van der Waals surface area contributed by atoms with Gasteiger partial charge in [0.05, 0.1) is 18.0 Å². The molecule has 0 aliphatic carbocycles. The largest absolute Gasteiger partial charge is 0.497 e. The molecule has 0 spiro atoms. The van der Waals surface area contributed by atoms with Gasteiger partial charge in [-0.15, -0.1) is 0 Å². The molecule has 0 unspecified atom stereocenters. The number of nitrogens with zero attached hydrogens (tertiary/aromatic N) is 1. The van der Waals surface area contributed by atoms with Crippen molar-refractivity contribution in [2.24, 2.45) is 0 Å². The summed E-state index contributed by atoms with van der Waals surface area (Å²) in [7, 11) is -1.86. The highest BCUT2D eigenvalue weighted by Crippen LogP contribution is 2.37. The summed E-state index contributed by atoms with van der Waals surface area (Å²) in [6.07, 6.45) is 1.70. The minimum Gasteiger partial charge on any atom is -0.497 e. The van der Waals surface area contributed by atoms with E-state index in [-0.39, 0.29) is 6.04 Å². The summed E-state index contributed by atoms with van der Waals surface area (Å²) in [4.78, 5) is 0.359. The van der Waals surface area contributed by atoms with Gasteiger partial charge in [-0.2, -0.15) is 4.31 Å². The molecule has 3 rings (SSSR count). The molecule has 1 saturated heterocycles. The second-order valence-electron chi connectivity index (χ2n) is 5.86. The first kappa shape index (κ1) is 16.0. The molecule has 122 valence electrons. The summed E-state index contributed by atoms with van der Waals surface area (Å²) in [5.74, 6) is 0.752. The highest BCUT2D eigenvalue weighted by Gasteiger charge is 2.36. The summed E-state index contributed by atoms with van der Waals surface area (Å²) in [5.41, 5.74) is 2.03. The van der Waals surface area contributed by atoms with Crippen molar-refractivity contribution in [3.63, 3.8) is 0 Å². The number of methoxy groups -OCH3 is 1. The van der Waals surface area contributed by atoms with Crippen LogP contribution in [0.1, 0.15) is 30.0 Å². The third kappa shape index (κ3) is 3.12. The fourth-order valence-corrected chi connectivity index (χ4v) is 4.74. The number of ether oxygens (including phenoxy) is 1. The summed E-state index contributed by atoms with van der Waals surface area (Å²) < 4.78 is 32.8. The smallest absolute Gasteiger partial charge is 0.243 e. The Balaban J connectivity index is 1.96. The SMILES string of the molecule is COc1cccc([C@@H]2CCCN2S(=O)(=O)c2ccc(C)cc2)c1. The van der Waals surface area contributed by atoms with Crippen molar-refractivity contribution >= 4 is 10.0 Å². The molecular weight excluding hydrogens is 310 g/mol. The van der Waals surface area contributed by atoms with Gasteiger partial charge in [0.15, 0.2) is 0 Å². The fraction of sp³-hybridized carbons (Fsp3) is 0.333. The van der Waals surface area contributed by atoms with E-state index in [4.69, 9.17) is 4.74 Å². The molecule has 0 aromatic heterocycles. The molecule has 0 radical (unpaired) electrons. The van der Waals surface area contributed by atoms with E-state index in [2.05, 4.69) is 0 Å². The van der Waals surface area contributed by atoms with Crippen LogP contribution in [0.4, 0.5) is 0 Å². The van der Waals surface area contributed by atoms with Gasteiger partial charge in [0.25, 0.3) is 0 Å². The normalized spacial score (nSPS) is 19.0. The van der Waals surface area contributed by atoms with Crippen LogP contribution in [0.5, 0.6) is 5.75 Å². The molecule has 0 saturated carbocycles. The van der Waals surface area contributed by atoms with E-state index in [0.29, 0.717) is 11.4 Å². The van der Waals surface area contributed by atoms with Gasteiger partial charge in [0.1, 0.15) is 5.75 Å². The first-order valence-corrected chi connectivity index (χ1v) is 9.19. The van der Waals surface area contributed by atoms with E-state index in [0.717, 1.165) is 29.7 Å². The van der Waals surface area contributed by atoms with Gasteiger partial charge in [0.2, 0.25) is 10.0 Å². The monoisotopic (exact) mass is 331 g/mol. The molecule has 1 fully saturated rings. The van der Waals surface area contributed by atoms with Gasteiger partial charge in [-0.05, 0) is 49.6 Å². The summed E-state index contributed by atoms with van der Waals surface area (Å²) in [6.45, 7) is 2.50. The average Bonchev–Trinajstić information content (AvgIpc) is 3.06. The van der Waals surface area contributed by atoms with Crippen LogP contribution in [-0.4, -0.2) is 26.4 Å². The lowest BCUT2D eigenvalue weighted by Gasteiger charge is -2.24. The van der Waals surface area contributed by atoms with Crippen molar-refractivity contribution in [1.82, 2.24) is 4.31 Å². The molecule has 2 aromatic rings. The fourth-order valence-electron chi connectivity index (χ4n) is 3.06. The molecule has 4 nitrogen and oxygen atoms in total. The first-order chi connectivity index (χ1) is 11.0. The maximum atomic E-state index is 13.0. The minimum absolute atomic E-state index is 0.128. The highest BCUT2D eigenvalue weighted by molar-refractivity contribution is 7.89. The number of rotatable bonds is 4. The molecule has 0 bridgehead atoms. The Kier molecular flexibility index (Phi) is 4.41. The van der Waals surface area contributed by atoms with E-state index in [9.17, 15) is 8.42 Å². The molecule has 1 aliphatic heterocycles. The highest BCUT2D eigenvalue weighted by atomic mass is 32.2. The van der Waals surface area contributed by atoms with Gasteiger partial charge in [-0.25, -0.2) is 8.42 Å². The van der Waals surface area contributed by atoms with Crippen LogP contribution in [0.2, 0.25) is 0 Å². The number of aryl methyl sites for hydroxylation is 1. The summed E-state index contributed by atoms with van der Waals surface area (Å²) in [5, 5.41) is 0. The van der Waals surface area contributed by atoms with E-state index >= 15 is 0 Å². The van der Waals surface area contributed by atoms with Gasteiger partial charge >= 0.3 is 0 Å². The maximum Gasteiger partial charge on any atom is 0.243 e. The summed E-state index contributed by atoms with van der Waals surface area (Å²) in [6, 6.07) is 14.6. The Morgan fingerprint density at radius 1 is 1.13 bits per heavy atom. The zero-order chi connectivity index (χ0) is 16.4. The van der Waals surface area contributed by atoms with Gasteiger partial charge in [0, 0.05) is 6.54 Å². The third-order valence-electron chi connectivity index (χ3n) is 4.31. The Morgan fingerprint density at radius 3 is 2.57 bits per heavy atom.